The molecule has 1 aromatic carbocycles. The summed E-state index contributed by atoms with van der Waals surface area (Å²) in [5.41, 5.74) is 0.953. The van der Waals surface area contributed by atoms with Crippen molar-refractivity contribution in [3.8, 4) is 11.4 Å². The minimum atomic E-state index is -0.288. The van der Waals surface area contributed by atoms with E-state index >= 15 is 0 Å². The van der Waals surface area contributed by atoms with E-state index in [1.54, 1.807) is 16.1 Å². The Bertz CT molecular complexity index is 1290. The summed E-state index contributed by atoms with van der Waals surface area (Å²) in [5, 5.41) is 5.34. The maximum absolute atomic E-state index is 12.5. The van der Waals surface area contributed by atoms with E-state index in [1.807, 2.05) is 31.2 Å². The molecule has 30 heavy (non-hydrogen) atoms. The van der Waals surface area contributed by atoms with E-state index in [0.29, 0.717) is 31.2 Å². The number of hydrogen-bond acceptors (Lipinski definition) is 9. The quantitative estimate of drug-likeness (QED) is 0.235. The van der Waals surface area contributed by atoms with Crippen LogP contribution in [-0.2, 0) is 4.79 Å². The van der Waals surface area contributed by atoms with Crippen molar-refractivity contribution in [2.24, 2.45) is 0 Å². The van der Waals surface area contributed by atoms with Crippen LogP contribution in [0.3, 0.4) is 0 Å². The molecule has 0 unspecified atom stereocenters. The largest absolute Gasteiger partial charge is 0.494 e. The number of H-pyrrole nitrogens is 1. The number of aromatic nitrogens is 4. The van der Waals surface area contributed by atoms with Gasteiger partial charge in [0.2, 0.25) is 5.91 Å². The van der Waals surface area contributed by atoms with Crippen LogP contribution in [0.25, 0.3) is 16.0 Å². The van der Waals surface area contributed by atoms with E-state index in [2.05, 4.69) is 20.3 Å². The molecule has 154 valence electrons. The zero-order chi connectivity index (χ0) is 21.1. The van der Waals surface area contributed by atoms with E-state index in [9.17, 15) is 9.59 Å². The molecule has 0 spiro atoms. The second kappa shape index (κ2) is 9.08. The third-order valence-corrected chi connectivity index (χ3v) is 6.77. The summed E-state index contributed by atoms with van der Waals surface area (Å²) < 4.78 is 8.17. The molecule has 3 aromatic heterocycles. The molecule has 0 radical (unpaired) electrons. The Hall–Kier alpha value is -2.54. The third kappa shape index (κ3) is 4.46. The lowest BCUT2D eigenvalue weighted by Crippen LogP contribution is -2.15. The Balaban J connectivity index is 1.62. The van der Waals surface area contributed by atoms with Gasteiger partial charge in [-0.3, -0.25) is 14.2 Å². The second-order valence-corrected chi connectivity index (χ2v) is 9.33. The van der Waals surface area contributed by atoms with Crippen molar-refractivity contribution < 1.29 is 9.53 Å². The zero-order valence-corrected chi connectivity index (χ0v) is 18.8. The number of nitrogens with one attached hydrogen (secondary N) is 2. The highest BCUT2D eigenvalue weighted by atomic mass is 32.2. The maximum atomic E-state index is 12.5. The van der Waals surface area contributed by atoms with Gasteiger partial charge in [0.25, 0.3) is 5.56 Å². The SMILES string of the molecule is CCOc1ccc(-n2c(=S)sc3c(=O)[nH]c(SCC(=O)Nc4nccs4)nc32)cc1. The number of fused-ring (bicyclic) bond motifs is 1. The third-order valence-electron chi connectivity index (χ3n) is 3.85. The van der Waals surface area contributed by atoms with Crippen molar-refractivity contribution in [1.82, 2.24) is 19.5 Å². The van der Waals surface area contributed by atoms with Gasteiger partial charge in [0.1, 0.15) is 10.4 Å². The lowest BCUT2D eigenvalue weighted by molar-refractivity contribution is -0.113. The van der Waals surface area contributed by atoms with Crippen LogP contribution in [0, 0.1) is 3.95 Å². The van der Waals surface area contributed by atoms with E-state index < -0.39 is 0 Å². The summed E-state index contributed by atoms with van der Waals surface area (Å²) in [6.07, 6.45) is 1.61. The molecule has 1 amide bonds. The number of rotatable bonds is 7. The van der Waals surface area contributed by atoms with Gasteiger partial charge in [0.15, 0.2) is 19.9 Å². The van der Waals surface area contributed by atoms with Crippen LogP contribution in [0.5, 0.6) is 5.75 Å². The summed E-state index contributed by atoms with van der Waals surface area (Å²) in [5.74, 6) is 0.606. The number of anilines is 1. The van der Waals surface area contributed by atoms with Crippen LogP contribution < -0.4 is 15.6 Å². The first-order chi connectivity index (χ1) is 14.5. The smallest absolute Gasteiger partial charge is 0.271 e. The fourth-order valence-electron chi connectivity index (χ4n) is 2.62. The zero-order valence-electron chi connectivity index (χ0n) is 15.6. The molecule has 0 bridgehead atoms. The van der Waals surface area contributed by atoms with Crippen LogP contribution in [0.15, 0.2) is 45.8 Å². The standard InChI is InChI=1S/C18H15N5O3S4/c1-2-26-11-5-3-10(4-6-11)23-14-13(30-18(23)27)15(25)22-17(21-14)29-9-12(24)20-16-19-7-8-28-16/h3-8H,2,9H2,1H3,(H,19,20,24)(H,21,22,25). The van der Waals surface area contributed by atoms with Crippen LogP contribution in [-0.4, -0.2) is 37.8 Å². The first-order valence-electron chi connectivity index (χ1n) is 8.76. The number of thiazole rings is 2. The molecule has 4 aromatic rings. The highest BCUT2D eigenvalue weighted by molar-refractivity contribution is 7.99. The summed E-state index contributed by atoms with van der Waals surface area (Å²) >= 11 is 9.14. The fourth-order valence-corrected chi connectivity index (χ4v) is 5.09. The van der Waals surface area contributed by atoms with Crippen molar-refractivity contribution >= 4 is 68.0 Å². The molecule has 0 atom stereocenters. The first kappa shape index (κ1) is 20.7. The monoisotopic (exact) mass is 477 g/mol. The molecule has 8 nitrogen and oxygen atoms in total. The van der Waals surface area contributed by atoms with E-state index in [-0.39, 0.29) is 17.2 Å². The van der Waals surface area contributed by atoms with Gasteiger partial charge in [-0.25, -0.2) is 9.97 Å². The number of carbonyl (C=O) groups excluding carboxylic acids is 1. The lowest BCUT2D eigenvalue weighted by atomic mass is 10.3. The average molecular weight is 478 g/mol. The topological polar surface area (TPSA) is 102 Å². The van der Waals surface area contributed by atoms with E-state index in [4.69, 9.17) is 17.0 Å². The summed E-state index contributed by atoms with van der Waals surface area (Å²) in [7, 11) is 0. The van der Waals surface area contributed by atoms with Crippen LogP contribution >= 0.6 is 46.7 Å². The number of ether oxygens (including phenoxy) is 1. The molecule has 0 aliphatic carbocycles. The normalized spacial score (nSPS) is 11.0. The number of carbonyl (C=O) groups is 1. The van der Waals surface area contributed by atoms with Gasteiger partial charge in [-0.2, -0.15) is 0 Å². The molecule has 0 saturated carbocycles. The molecule has 0 aliphatic heterocycles. The lowest BCUT2D eigenvalue weighted by Gasteiger charge is -2.07. The fraction of sp³-hybridized carbons (Fsp3) is 0.167. The van der Waals surface area contributed by atoms with Crippen LogP contribution in [0.4, 0.5) is 5.13 Å². The number of thioether (sulfide) groups is 1. The molecule has 0 aliphatic rings. The molecule has 0 saturated heterocycles. The number of hydrogen-bond donors (Lipinski definition) is 2. The van der Waals surface area contributed by atoms with Crippen molar-refractivity contribution in [2.45, 2.75) is 12.1 Å². The highest BCUT2D eigenvalue weighted by Crippen LogP contribution is 2.26. The van der Waals surface area contributed by atoms with Gasteiger partial charge >= 0.3 is 0 Å². The summed E-state index contributed by atoms with van der Waals surface area (Å²) in [6.45, 7) is 2.50. The first-order valence-corrected chi connectivity index (χ1v) is 11.9. The van der Waals surface area contributed by atoms with Gasteiger partial charge in [-0.1, -0.05) is 23.1 Å². The van der Waals surface area contributed by atoms with E-state index in [1.165, 1.54) is 22.7 Å². The summed E-state index contributed by atoms with van der Waals surface area (Å²) in [4.78, 5) is 35.9. The van der Waals surface area contributed by atoms with Gasteiger partial charge in [0.05, 0.1) is 12.4 Å². The minimum absolute atomic E-state index is 0.0853. The molecular weight excluding hydrogens is 462 g/mol. The highest BCUT2D eigenvalue weighted by Gasteiger charge is 2.15. The predicted molar refractivity (Wildman–Crippen MR) is 123 cm³/mol. The maximum Gasteiger partial charge on any atom is 0.271 e. The van der Waals surface area contributed by atoms with Gasteiger partial charge in [-0.15, -0.1) is 11.3 Å². The average Bonchev–Trinajstić information content (AvgIpc) is 3.35. The Morgan fingerprint density at radius 1 is 1.37 bits per heavy atom. The molecule has 12 heteroatoms. The number of nitrogens with zero attached hydrogens (tertiary/aromatic N) is 3. The summed E-state index contributed by atoms with van der Waals surface area (Å²) in [6, 6.07) is 7.42. The van der Waals surface area contributed by atoms with Crippen molar-refractivity contribution in [2.75, 3.05) is 17.7 Å². The van der Waals surface area contributed by atoms with Crippen molar-refractivity contribution in [1.29, 1.82) is 0 Å². The second-order valence-electron chi connectivity index (χ2n) is 5.83. The minimum Gasteiger partial charge on any atom is -0.494 e. The van der Waals surface area contributed by atoms with Crippen LogP contribution in [0.1, 0.15) is 6.92 Å². The molecular formula is C18H15N5O3S4. The Morgan fingerprint density at radius 2 is 2.17 bits per heavy atom. The number of amides is 1. The Morgan fingerprint density at radius 3 is 2.87 bits per heavy atom. The van der Waals surface area contributed by atoms with Gasteiger partial charge in [-0.05, 0) is 43.4 Å². The van der Waals surface area contributed by atoms with Crippen molar-refractivity contribution in [3.63, 3.8) is 0 Å². The molecule has 0 fully saturated rings. The van der Waals surface area contributed by atoms with Gasteiger partial charge < -0.3 is 15.0 Å². The number of aromatic amines is 1. The molecule has 3 heterocycles. The van der Waals surface area contributed by atoms with E-state index in [0.717, 1.165) is 23.2 Å². The number of benzene rings is 1. The van der Waals surface area contributed by atoms with Crippen molar-refractivity contribution in [3.05, 3.63) is 50.2 Å². The van der Waals surface area contributed by atoms with Gasteiger partial charge in [0, 0.05) is 17.3 Å². The predicted octanol–water partition coefficient (Wildman–Crippen LogP) is 4.09. The van der Waals surface area contributed by atoms with Crippen LogP contribution in [0.2, 0.25) is 0 Å². The molecule has 4 rings (SSSR count). The Labute approximate surface area is 188 Å². The Kier molecular flexibility index (Phi) is 6.27. The molecule has 2 N–H and O–H groups in total.